The van der Waals surface area contributed by atoms with Gasteiger partial charge in [0, 0.05) is 6.04 Å². The number of hydrogen-bond acceptors (Lipinski definition) is 2. The van der Waals surface area contributed by atoms with E-state index in [1.807, 2.05) is 0 Å². The minimum absolute atomic E-state index is 0.102. The maximum Gasteiger partial charge on any atom is 0.225 e. The molecule has 1 aliphatic carbocycles. The van der Waals surface area contributed by atoms with Gasteiger partial charge in [-0.25, -0.2) is 8.78 Å². The molecule has 20 heavy (non-hydrogen) atoms. The van der Waals surface area contributed by atoms with Gasteiger partial charge in [0.25, 0.3) is 0 Å². The number of rotatable bonds is 3. The molecule has 0 saturated heterocycles. The third-order valence-electron chi connectivity index (χ3n) is 3.96. The zero-order valence-electron chi connectivity index (χ0n) is 11.5. The summed E-state index contributed by atoms with van der Waals surface area (Å²) in [4.78, 5) is 12.2. The summed E-state index contributed by atoms with van der Waals surface area (Å²) in [7, 11) is 0. The van der Waals surface area contributed by atoms with Gasteiger partial charge in [0.1, 0.15) is 0 Å². The minimum Gasteiger partial charge on any atom is -0.349 e. The van der Waals surface area contributed by atoms with Crippen molar-refractivity contribution in [1.82, 2.24) is 5.32 Å². The Bertz CT molecular complexity index is 493. The van der Waals surface area contributed by atoms with Crippen molar-refractivity contribution in [3.63, 3.8) is 0 Å². The summed E-state index contributed by atoms with van der Waals surface area (Å²) in [6, 6.07) is 3.18. The Kier molecular flexibility index (Phi) is 4.70. The summed E-state index contributed by atoms with van der Waals surface area (Å²) in [5.74, 6) is -2.08. The smallest absolute Gasteiger partial charge is 0.225 e. The van der Waals surface area contributed by atoms with Gasteiger partial charge in [-0.2, -0.15) is 0 Å². The normalized spacial score (nSPS) is 24.2. The zero-order chi connectivity index (χ0) is 14.7. The first kappa shape index (κ1) is 14.9. The lowest BCUT2D eigenvalue weighted by Crippen LogP contribution is -2.44. The molecule has 1 amide bonds. The molecule has 1 aromatic carbocycles. The van der Waals surface area contributed by atoms with E-state index in [9.17, 15) is 13.6 Å². The number of hydrogen-bond donors (Lipinski definition) is 2. The predicted octanol–water partition coefficient (Wildman–Crippen LogP) is 2.66. The fourth-order valence-corrected chi connectivity index (χ4v) is 2.67. The number of amides is 1. The largest absolute Gasteiger partial charge is 0.349 e. The molecule has 0 aliphatic heterocycles. The lowest BCUT2D eigenvalue weighted by Gasteiger charge is -2.28. The van der Waals surface area contributed by atoms with Gasteiger partial charge in [-0.05, 0) is 37.5 Å². The molecule has 1 fully saturated rings. The number of benzene rings is 1. The van der Waals surface area contributed by atoms with Gasteiger partial charge in [0.05, 0.1) is 12.0 Å². The average molecular weight is 282 g/mol. The summed E-state index contributed by atoms with van der Waals surface area (Å²) in [5.41, 5.74) is 6.51. The van der Waals surface area contributed by atoms with E-state index in [1.165, 1.54) is 6.07 Å². The second-order valence-electron chi connectivity index (χ2n) is 5.46. The van der Waals surface area contributed by atoms with Crippen molar-refractivity contribution in [2.24, 2.45) is 11.7 Å². The van der Waals surface area contributed by atoms with E-state index >= 15 is 0 Å². The molecule has 1 aliphatic rings. The molecule has 5 heteroatoms. The van der Waals surface area contributed by atoms with Gasteiger partial charge in [0.2, 0.25) is 5.91 Å². The van der Waals surface area contributed by atoms with Gasteiger partial charge in [0.15, 0.2) is 11.6 Å². The molecule has 3 N–H and O–H groups in total. The van der Waals surface area contributed by atoms with Crippen molar-refractivity contribution in [2.75, 3.05) is 0 Å². The molecule has 3 unspecified atom stereocenters. The summed E-state index contributed by atoms with van der Waals surface area (Å²) in [6.07, 6.45) is 3.71. The first-order chi connectivity index (χ1) is 9.49. The van der Waals surface area contributed by atoms with Crippen LogP contribution >= 0.6 is 0 Å². The quantitative estimate of drug-likeness (QED) is 0.895. The third kappa shape index (κ3) is 3.33. The van der Waals surface area contributed by atoms with Crippen LogP contribution in [0, 0.1) is 17.6 Å². The SMILES string of the molecule is CC(NC(=O)C1CCCCC1N)c1ccc(F)c(F)c1. The zero-order valence-corrected chi connectivity index (χ0v) is 11.5. The third-order valence-corrected chi connectivity index (χ3v) is 3.96. The average Bonchev–Trinajstić information content (AvgIpc) is 2.42. The van der Waals surface area contributed by atoms with Crippen LogP contribution in [0.25, 0.3) is 0 Å². The van der Waals surface area contributed by atoms with Crippen molar-refractivity contribution in [3.8, 4) is 0 Å². The van der Waals surface area contributed by atoms with Crippen LogP contribution in [-0.2, 0) is 4.79 Å². The fraction of sp³-hybridized carbons (Fsp3) is 0.533. The highest BCUT2D eigenvalue weighted by Gasteiger charge is 2.29. The molecule has 3 nitrogen and oxygen atoms in total. The highest BCUT2D eigenvalue weighted by atomic mass is 19.2. The Morgan fingerprint density at radius 2 is 2.00 bits per heavy atom. The molecule has 0 bridgehead atoms. The predicted molar refractivity (Wildman–Crippen MR) is 72.8 cm³/mol. The van der Waals surface area contributed by atoms with Crippen LogP contribution in [0.1, 0.15) is 44.2 Å². The van der Waals surface area contributed by atoms with Crippen molar-refractivity contribution in [3.05, 3.63) is 35.4 Å². The van der Waals surface area contributed by atoms with Crippen LogP contribution in [0.3, 0.4) is 0 Å². The van der Waals surface area contributed by atoms with Gasteiger partial charge < -0.3 is 11.1 Å². The van der Waals surface area contributed by atoms with E-state index in [2.05, 4.69) is 5.32 Å². The van der Waals surface area contributed by atoms with Gasteiger partial charge in [-0.15, -0.1) is 0 Å². The first-order valence-corrected chi connectivity index (χ1v) is 7.00. The van der Waals surface area contributed by atoms with Crippen LogP contribution in [0.4, 0.5) is 8.78 Å². The van der Waals surface area contributed by atoms with Gasteiger partial charge in [-0.3, -0.25) is 4.79 Å². The summed E-state index contributed by atoms with van der Waals surface area (Å²) < 4.78 is 26.1. The van der Waals surface area contributed by atoms with Gasteiger partial charge >= 0.3 is 0 Å². The number of carbonyl (C=O) groups is 1. The molecule has 2 rings (SSSR count). The molecule has 1 aromatic rings. The van der Waals surface area contributed by atoms with E-state index in [1.54, 1.807) is 6.92 Å². The van der Waals surface area contributed by atoms with E-state index in [0.717, 1.165) is 37.8 Å². The highest BCUT2D eigenvalue weighted by Crippen LogP contribution is 2.24. The Morgan fingerprint density at radius 3 is 2.65 bits per heavy atom. The van der Waals surface area contributed by atoms with Crippen molar-refractivity contribution < 1.29 is 13.6 Å². The Balaban J connectivity index is 2.01. The van der Waals surface area contributed by atoms with Crippen molar-refractivity contribution in [1.29, 1.82) is 0 Å². The maximum absolute atomic E-state index is 13.2. The Hall–Kier alpha value is -1.49. The molecule has 110 valence electrons. The molecular weight excluding hydrogens is 262 g/mol. The van der Waals surface area contributed by atoms with E-state index in [0.29, 0.717) is 5.56 Å². The van der Waals surface area contributed by atoms with E-state index in [4.69, 9.17) is 5.73 Å². The maximum atomic E-state index is 13.2. The summed E-state index contributed by atoms with van der Waals surface area (Å²) in [6.45, 7) is 1.75. The van der Waals surface area contributed by atoms with Crippen LogP contribution in [0.15, 0.2) is 18.2 Å². The first-order valence-electron chi connectivity index (χ1n) is 7.00. The molecule has 0 heterocycles. The Morgan fingerprint density at radius 1 is 1.30 bits per heavy atom. The number of nitrogens with one attached hydrogen (secondary N) is 1. The molecule has 3 atom stereocenters. The molecular formula is C15H20F2N2O. The Labute approximate surface area is 117 Å². The summed E-state index contributed by atoms with van der Waals surface area (Å²) >= 11 is 0. The standard InChI is InChI=1S/C15H20F2N2O/c1-9(10-6-7-12(16)13(17)8-10)19-15(20)11-4-2-3-5-14(11)18/h6-9,11,14H,2-5,18H2,1H3,(H,19,20). The van der Waals surface area contributed by atoms with Crippen LogP contribution in [0.2, 0.25) is 0 Å². The fourth-order valence-electron chi connectivity index (χ4n) is 2.67. The monoisotopic (exact) mass is 282 g/mol. The molecule has 0 radical (unpaired) electrons. The molecule has 0 aromatic heterocycles. The highest BCUT2D eigenvalue weighted by molar-refractivity contribution is 5.79. The lowest BCUT2D eigenvalue weighted by molar-refractivity contribution is -0.127. The van der Waals surface area contributed by atoms with Crippen LogP contribution in [-0.4, -0.2) is 11.9 Å². The topological polar surface area (TPSA) is 55.1 Å². The second-order valence-corrected chi connectivity index (χ2v) is 5.46. The number of nitrogens with two attached hydrogens (primary N) is 1. The molecule has 1 saturated carbocycles. The van der Waals surface area contributed by atoms with Crippen LogP contribution < -0.4 is 11.1 Å². The van der Waals surface area contributed by atoms with Crippen molar-refractivity contribution >= 4 is 5.91 Å². The minimum atomic E-state index is -0.905. The number of carbonyl (C=O) groups excluding carboxylic acids is 1. The van der Waals surface area contributed by atoms with Crippen LogP contribution in [0.5, 0.6) is 0 Å². The second kappa shape index (κ2) is 6.31. The van der Waals surface area contributed by atoms with Gasteiger partial charge in [-0.1, -0.05) is 18.9 Å². The number of halogens is 2. The van der Waals surface area contributed by atoms with E-state index < -0.39 is 11.6 Å². The summed E-state index contributed by atoms with van der Waals surface area (Å²) in [5, 5.41) is 2.83. The lowest BCUT2D eigenvalue weighted by atomic mass is 9.84. The molecule has 0 spiro atoms. The van der Waals surface area contributed by atoms with E-state index in [-0.39, 0.29) is 23.9 Å². The van der Waals surface area contributed by atoms with Crippen molar-refractivity contribution in [2.45, 2.75) is 44.7 Å².